The normalized spacial score (nSPS) is 19.5. The second kappa shape index (κ2) is 27.5. The molecule has 24 nitrogen and oxygen atoms in total. The van der Waals surface area contributed by atoms with Gasteiger partial charge in [0.25, 0.3) is 0 Å². The highest BCUT2D eigenvalue weighted by Crippen LogP contribution is 2.26. The molecule has 4 aromatic rings. The number of aromatic nitrogens is 2. The fourth-order valence-electron chi connectivity index (χ4n) is 11.3. The highest BCUT2D eigenvalue weighted by molar-refractivity contribution is 5.99. The molecule has 9 atom stereocenters. The molecule has 3 aliphatic rings. The fourth-order valence-corrected chi connectivity index (χ4v) is 11.3. The molecule has 81 heavy (non-hydrogen) atoms. The van der Waals surface area contributed by atoms with Gasteiger partial charge in [-0.15, -0.1) is 0 Å². The number of fused-ring (bicyclic) bond motifs is 2. The van der Waals surface area contributed by atoms with Crippen LogP contribution < -0.4 is 38.1 Å². The summed E-state index contributed by atoms with van der Waals surface area (Å²) in [7, 11) is 0. The highest BCUT2D eigenvalue weighted by Gasteiger charge is 2.43. The van der Waals surface area contributed by atoms with Crippen molar-refractivity contribution in [1.29, 1.82) is 0 Å². The number of primary amides is 1. The summed E-state index contributed by atoms with van der Waals surface area (Å²) in [5, 5.41) is 35.5. The van der Waals surface area contributed by atoms with E-state index in [1.54, 1.807) is 18.5 Å². The predicted octanol–water partition coefficient (Wildman–Crippen LogP) is 0.593. The molecular weight excluding hydrogens is 1040 g/mol. The molecule has 7 rings (SSSR count). The molecule has 2 aromatic heterocycles. The molecule has 9 amide bonds. The second-order valence-electron chi connectivity index (χ2n) is 22.4. The Kier molecular flexibility index (Phi) is 20.7. The van der Waals surface area contributed by atoms with Gasteiger partial charge in [0.05, 0.1) is 12.6 Å². The molecule has 0 aliphatic carbocycles. The number of nitrogens with zero attached hydrogens (tertiary/aromatic N) is 3. The molecule has 0 radical (unpaired) electrons. The van der Waals surface area contributed by atoms with E-state index in [1.165, 1.54) is 14.7 Å². The number of carbonyl (C=O) groups is 10. The lowest BCUT2D eigenvalue weighted by atomic mass is 9.99. The Labute approximate surface area is 469 Å². The van der Waals surface area contributed by atoms with Gasteiger partial charge in [0.15, 0.2) is 0 Å². The molecule has 0 bridgehead atoms. The summed E-state index contributed by atoms with van der Waals surface area (Å²) in [4.78, 5) is 148. The first-order valence-corrected chi connectivity index (χ1v) is 28.1. The maximum absolute atomic E-state index is 14.8. The van der Waals surface area contributed by atoms with Gasteiger partial charge < -0.3 is 72.9 Å². The van der Waals surface area contributed by atoms with Gasteiger partial charge in [0.2, 0.25) is 53.2 Å². The number of hydrogen-bond acceptors (Lipinski definition) is 12. The number of H-pyrrole nitrogens is 2. The van der Waals surface area contributed by atoms with Crippen molar-refractivity contribution in [3.8, 4) is 0 Å². The van der Waals surface area contributed by atoms with Crippen LogP contribution in [0.1, 0.15) is 103 Å². The molecule has 0 saturated carbocycles. The van der Waals surface area contributed by atoms with Crippen LogP contribution >= 0.6 is 0 Å². The largest absolute Gasteiger partial charge is 0.480 e. The van der Waals surface area contributed by atoms with Gasteiger partial charge in [-0.3, -0.25) is 43.2 Å². The number of aliphatic hydroxyl groups is 1. The lowest BCUT2D eigenvalue weighted by molar-refractivity contribution is -0.149. The second-order valence-corrected chi connectivity index (χ2v) is 22.4. The SMILES string of the molecule is CC(C)C[C@H](NC(=O)[C@H](CCC(N)=O)NC(=O)[C@@H]1CCCN1C(=O)[C@H](CC(C)C)NC(=O)[C@H](Cc1c[nH]c2ccccc12)NC(=O)[C@H](CO)NC(=O)[C@@H]1CCCN1C(=O)[C@@H](N)Cc1c[nH]c2ccccc12)C(=O)N1CCC[C@H]1C(=O)O. The average Bonchev–Trinajstić information content (AvgIpc) is 4.43. The first-order chi connectivity index (χ1) is 38.6. The molecule has 3 fully saturated rings. The summed E-state index contributed by atoms with van der Waals surface area (Å²) in [5.41, 5.74) is 15.0. The van der Waals surface area contributed by atoms with Crippen molar-refractivity contribution in [2.24, 2.45) is 23.3 Å². The Bertz CT molecular complexity index is 2960. The topological polar surface area (TPSA) is 365 Å². The van der Waals surface area contributed by atoms with E-state index in [0.29, 0.717) is 24.8 Å². The minimum atomic E-state index is -1.57. The summed E-state index contributed by atoms with van der Waals surface area (Å²) < 4.78 is 0. The summed E-state index contributed by atoms with van der Waals surface area (Å²) in [6.07, 6.45) is 5.25. The molecule has 438 valence electrons. The zero-order valence-corrected chi connectivity index (χ0v) is 46.4. The van der Waals surface area contributed by atoms with Gasteiger partial charge in [-0.05, 0) is 99.3 Å². The number of nitrogens with one attached hydrogen (secondary N) is 7. The number of aliphatic carboxylic acids is 1. The molecule has 13 N–H and O–H groups in total. The number of aliphatic hydroxyl groups excluding tert-OH is 1. The third-order valence-corrected chi connectivity index (χ3v) is 15.4. The summed E-state index contributed by atoms with van der Waals surface area (Å²) >= 11 is 0. The van der Waals surface area contributed by atoms with E-state index in [1.807, 2.05) is 70.2 Å². The lowest BCUT2D eigenvalue weighted by Gasteiger charge is -2.32. The van der Waals surface area contributed by atoms with Crippen LogP contribution in [0.4, 0.5) is 0 Å². The van der Waals surface area contributed by atoms with Crippen molar-refractivity contribution in [1.82, 2.24) is 51.3 Å². The number of para-hydroxylation sites is 2. The average molecular weight is 1120 g/mol. The molecule has 3 aliphatic heterocycles. The van der Waals surface area contributed by atoms with Crippen LogP contribution in [0.5, 0.6) is 0 Å². The van der Waals surface area contributed by atoms with Crippen LogP contribution in [0.2, 0.25) is 0 Å². The van der Waals surface area contributed by atoms with Crippen LogP contribution in [0, 0.1) is 11.8 Å². The van der Waals surface area contributed by atoms with Gasteiger partial charge in [-0.25, -0.2) is 4.79 Å². The zero-order chi connectivity index (χ0) is 58.7. The van der Waals surface area contributed by atoms with Crippen LogP contribution in [0.3, 0.4) is 0 Å². The van der Waals surface area contributed by atoms with E-state index in [4.69, 9.17) is 11.5 Å². The van der Waals surface area contributed by atoms with Gasteiger partial charge in [-0.2, -0.15) is 0 Å². The first kappa shape index (κ1) is 60.8. The van der Waals surface area contributed by atoms with E-state index < -0.39 is 120 Å². The van der Waals surface area contributed by atoms with E-state index >= 15 is 0 Å². The number of likely N-dealkylation sites (tertiary alicyclic amines) is 3. The quantitative estimate of drug-likeness (QED) is 0.0411. The van der Waals surface area contributed by atoms with Crippen LogP contribution in [-0.2, 0) is 60.8 Å². The summed E-state index contributed by atoms with van der Waals surface area (Å²) in [5.74, 6) is -7.85. The Hall–Kier alpha value is -7.86. The summed E-state index contributed by atoms with van der Waals surface area (Å²) in [6, 6.07) is 3.96. The van der Waals surface area contributed by atoms with E-state index in [-0.39, 0.29) is 89.3 Å². The Morgan fingerprint density at radius 1 is 0.568 bits per heavy atom. The van der Waals surface area contributed by atoms with Gasteiger partial charge in [0.1, 0.15) is 48.3 Å². The zero-order valence-electron chi connectivity index (χ0n) is 46.4. The summed E-state index contributed by atoms with van der Waals surface area (Å²) in [6.45, 7) is 6.98. The van der Waals surface area contributed by atoms with E-state index in [0.717, 1.165) is 27.4 Å². The minimum Gasteiger partial charge on any atom is -0.480 e. The van der Waals surface area contributed by atoms with Crippen LogP contribution in [-0.4, -0.2) is 175 Å². The number of aromatic amines is 2. The molecule has 3 saturated heterocycles. The number of carboxylic acid groups (broad SMARTS) is 1. The van der Waals surface area contributed by atoms with Crippen molar-refractivity contribution in [3.05, 3.63) is 72.1 Å². The first-order valence-electron chi connectivity index (χ1n) is 28.1. The van der Waals surface area contributed by atoms with Gasteiger partial charge in [0, 0.05) is 66.7 Å². The molecule has 2 aromatic carbocycles. The Morgan fingerprint density at radius 2 is 0.988 bits per heavy atom. The van der Waals surface area contributed by atoms with Gasteiger partial charge >= 0.3 is 5.97 Å². The number of hydrogen-bond donors (Lipinski definition) is 11. The number of carbonyl (C=O) groups excluding carboxylic acids is 9. The Morgan fingerprint density at radius 3 is 1.47 bits per heavy atom. The standard InChI is InChI=1S/C57H78N12O12/c1-31(2)24-42(55(78)68-22-10-17-46(68)52(75)62-40(19-20-48(59)71)49(72)64-43(25-32(3)4)56(79)69-23-11-18-47(69)57(80)81)65-50(73)41(27-34-29-61-39-15-8-6-13-36(34)39)63-51(74)44(30-70)66-53(76)45-16-9-21-67(45)54(77)37(58)26-33-28-60-38-14-7-5-12-35(33)38/h5-8,12-15,28-29,31-32,37,40-47,60-61,70H,9-11,16-27,30,58H2,1-4H3,(H2,59,71)(H,62,75)(H,63,74)(H,64,72)(H,65,73)(H,66,76)(H,80,81)/t37-,40-,41-,42-,43-,44-,45-,46-,47-/m0/s1. The number of benzene rings is 2. The van der Waals surface area contributed by atoms with E-state index in [9.17, 15) is 58.2 Å². The third-order valence-electron chi connectivity index (χ3n) is 15.4. The number of nitrogens with two attached hydrogens (primary N) is 2. The van der Waals surface area contributed by atoms with Crippen molar-refractivity contribution < 1.29 is 58.2 Å². The predicted molar refractivity (Wildman–Crippen MR) is 298 cm³/mol. The fraction of sp³-hybridized carbons (Fsp3) is 0.544. The number of amides is 9. The number of carboxylic acids is 1. The van der Waals surface area contributed by atoms with Crippen LogP contribution in [0.25, 0.3) is 21.8 Å². The maximum Gasteiger partial charge on any atom is 0.326 e. The lowest BCUT2D eigenvalue weighted by Crippen LogP contribution is -2.61. The molecule has 0 spiro atoms. The third kappa shape index (κ3) is 15.1. The van der Waals surface area contributed by atoms with Crippen molar-refractivity contribution in [2.75, 3.05) is 26.2 Å². The smallest absolute Gasteiger partial charge is 0.326 e. The highest BCUT2D eigenvalue weighted by atomic mass is 16.4. The molecule has 24 heteroatoms. The van der Waals surface area contributed by atoms with Crippen molar-refractivity contribution >= 4 is 80.9 Å². The van der Waals surface area contributed by atoms with Crippen molar-refractivity contribution in [3.63, 3.8) is 0 Å². The maximum atomic E-state index is 14.8. The van der Waals surface area contributed by atoms with Gasteiger partial charge in [-0.1, -0.05) is 64.1 Å². The van der Waals surface area contributed by atoms with Crippen molar-refractivity contribution in [2.45, 2.75) is 159 Å². The number of rotatable bonds is 26. The minimum absolute atomic E-state index is 0.0925. The monoisotopic (exact) mass is 1120 g/mol. The van der Waals surface area contributed by atoms with E-state index in [2.05, 4.69) is 36.6 Å². The molecular formula is C57H78N12O12. The Balaban J connectivity index is 1.05. The molecule has 0 unspecified atom stereocenters. The van der Waals surface area contributed by atoms with Crippen LogP contribution in [0.15, 0.2) is 60.9 Å². The molecule has 5 heterocycles.